The largest absolute Gasteiger partial charge is 0.252 e. The maximum absolute atomic E-state index is 4.25. The smallest absolute Gasteiger partial charge is 0.0827 e. The molecular weight excluding hydrogens is 1580 g/mol. The number of hydrogen-bond acceptors (Lipinski definition) is 14. The number of aromatic nitrogens is 21. The molecule has 128 heavy (non-hydrogen) atoms. The van der Waals surface area contributed by atoms with Crippen molar-refractivity contribution in [3.63, 3.8) is 0 Å². The summed E-state index contributed by atoms with van der Waals surface area (Å²) < 4.78 is 14.4. The Morgan fingerprint density at radius 3 is 0.703 bits per heavy atom. The third kappa shape index (κ3) is 70.7. The summed E-state index contributed by atoms with van der Waals surface area (Å²) >= 11 is 0. The first-order valence-electron chi connectivity index (χ1n) is 53.3. The van der Waals surface area contributed by atoms with Crippen molar-refractivity contribution in [2.45, 2.75) is 522 Å². The van der Waals surface area contributed by atoms with Crippen LogP contribution in [-0.2, 0) is 90.8 Å². The van der Waals surface area contributed by atoms with Gasteiger partial charge in [0, 0.05) is 58.2 Å². The van der Waals surface area contributed by atoms with E-state index in [1.165, 1.54) is 266 Å². The van der Waals surface area contributed by atoms with Gasteiger partial charge >= 0.3 is 0 Å². The summed E-state index contributed by atoms with van der Waals surface area (Å²) in [6.07, 6.45) is 69.8. The van der Waals surface area contributed by atoms with Crippen LogP contribution in [0.15, 0.2) is 43.4 Å². The molecule has 21 nitrogen and oxygen atoms in total. The van der Waals surface area contributed by atoms with E-state index in [4.69, 9.17) is 0 Å². The number of aryl methyl sites for hydroxylation is 13. The fourth-order valence-electron chi connectivity index (χ4n) is 15.0. The molecule has 21 heteroatoms. The summed E-state index contributed by atoms with van der Waals surface area (Å²) in [4.78, 5) is 0. The van der Waals surface area contributed by atoms with Gasteiger partial charge in [0.25, 0.3) is 0 Å². The monoisotopic (exact) mass is 1790 g/mol. The standard InChI is InChI=1S/4C16H31N3.C15H29N3.2C14H27N3/c2*1-14(2)9-6-5-7-11-16-13-17-18-19(16)12-8-10-15(3)4;1-14(2)9-7-5-6-8-12-19-16(13-17-18-19)11-10-15(3)4;1-14(2)9-7-5-6-8-10-16-13-19(18-17-16)12-11-15(3)4;1-13(2)8-6-5-7-9-15-12-16-17-18(15)11-10-14(3)4;1-12(2)7-5-6-8-14-11-17(16-15-14)10-9-13(3)4;1-12(2)8-6-5-7-9-14-10-15-16-17(14)11-13(3)4/h4*13-15H,5-12H2,1-4H3;12-14H,5-11H2,1-4H3;11-13H,5-10H2,1-4H3;10,12-13H,5-9,11H2,1-4H3. The average molecular weight is 1790 g/mol. The van der Waals surface area contributed by atoms with Gasteiger partial charge in [0.15, 0.2) is 0 Å². The van der Waals surface area contributed by atoms with E-state index in [-0.39, 0.29) is 0 Å². The van der Waals surface area contributed by atoms with Gasteiger partial charge in [-0.15, -0.1) is 35.7 Å². The van der Waals surface area contributed by atoms with Crippen molar-refractivity contribution in [2.24, 2.45) is 82.9 Å². The minimum Gasteiger partial charge on any atom is -0.252 e. The molecule has 0 unspecified atom stereocenters. The van der Waals surface area contributed by atoms with Crippen LogP contribution in [0, 0.1) is 82.9 Å². The van der Waals surface area contributed by atoms with E-state index in [2.05, 4.69) is 302 Å². The van der Waals surface area contributed by atoms with Crippen LogP contribution in [0.25, 0.3) is 0 Å². The van der Waals surface area contributed by atoms with E-state index >= 15 is 0 Å². The van der Waals surface area contributed by atoms with Crippen molar-refractivity contribution < 1.29 is 0 Å². The van der Waals surface area contributed by atoms with Gasteiger partial charge < -0.3 is 0 Å². The zero-order valence-electron chi connectivity index (χ0n) is 89.1. The van der Waals surface area contributed by atoms with Crippen LogP contribution < -0.4 is 0 Å². The zero-order valence-corrected chi connectivity index (χ0v) is 89.1. The van der Waals surface area contributed by atoms with Crippen LogP contribution in [0.2, 0.25) is 0 Å². The molecule has 7 heterocycles. The predicted molar refractivity (Wildman–Crippen MR) is 545 cm³/mol. The van der Waals surface area contributed by atoms with E-state index in [0.29, 0.717) is 5.92 Å². The second kappa shape index (κ2) is 77.4. The second-order valence-corrected chi connectivity index (χ2v) is 43.6. The highest BCUT2D eigenvalue weighted by Crippen LogP contribution is 2.21. The molecule has 0 N–H and O–H groups in total. The summed E-state index contributed by atoms with van der Waals surface area (Å²) in [5.41, 5.74) is 8.84. The molecule has 0 aliphatic heterocycles. The number of nitrogens with zero attached hydrogens (tertiary/aromatic N) is 21. The average Bonchev–Trinajstić information content (AvgIpc) is 1.34. The fourth-order valence-corrected chi connectivity index (χ4v) is 15.0. The molecule has 740 valence electrons. The van der Waals surface area contributed by atoms with Crippen molar-refractivity contribution in [1.82, 2.24) is 105 Å². The van der Waals surface area contributed by atoms with Crippen LogP contribution in [0.3, 0.4) is 0 Å². The third-order valence-electron chi connectivity index (χ3n) is 23.5. The lowest BCUT2D eigenvalue weighted by atomic mass is 10.0. The molecular formula is C107H207N21. The molecule has 0 bridgehead atoms. The van der Waals surface area contributed by atoms with E-state index in [1.54, 1.807) is 0 Å². The summed E-state index contributed by atoms with van der Waals surface area (Å²) in [6.45, 7) is 70.8. The normalized spacial score (nSPS) is 11.7. The molecule has 7 rings (SSSR count). The highest BCUT2D eigenvalue weighted by atomic mass is 15.5. The van der Waals surface area contributed by atoms with Gasteiger partial charge in [0.1, 0.15) is 0 Å². The van der Waals surface area contributed by atoms with Gasteiger partial charge in [-0.3, -0.25) is 9.36 Å². The highest BCUT2D eigenvalue weighted by Gasteiger charge is 2.13. The Morgan fingerprint density at radius 1 is 0.180 bits per heavy atom. The van der Waals surface area contributed by atoms with Gasteiger partial charge in [0.05, 0.1) is 70.8 Å². The number of rotatable bonds is 65. The van der Waals surface area contributed by atoms with Crippen molar-refractivity contribution in [3.8, 4) is 0 Å². The highest BCUT2D eigenvalue weighted by molar-refractivity contribution is 4.98. The van der Waals surface area contributed by atoms with E-state index < -0.39 is 0 Å². The molecule has 0 aromatic carbocycles. The fraction of sp³-hybridized carbons (Fsp3) is 0.869. The summed E-state index contributed by atoms with van der Waals surface area (Å²) in [5.74, 6) is 11.0. The van der Waals surface area contributed by atoms with Gasteiger partial charge in [-0.2, -0.15) is 0 Å². The lowest BCUT2D eigenvalue weighted by Gasteiger charge is -2.08. The van der Waals surface area contributed by atoms with E-state index in [9.17, 15) is 0 Å². The van der Waals surface area contributed by atoms with Crippen LogP contribution in [0.4, 0.5) is 0 Å². The Kier molecular flexibility index (Phi) is 72.6. The van der Waals surface area contributed by atoms with Gasteiger partial charge in [-0.25, -0.2) is 23.4 Å². The molecule has 0 fully saturated rings. The predicted octanol–water partition coefficient (Wildman–Crippen LogP) is 29.4. The lowest BCUT2D eigenvalue weighted by molar-refractivity contribution is 0.453. The van der Waals surface area contributed by atoms with Crippen LogP contribution in [0.5, 0.6) is 0 Å². The number of unbranched alkanes of at least 4 members (excludes halogenated alkanes) is 15. The molecule has 0 amide bonds. The molecule has 0 aliphatic rings. The van der Waals surface area contributed by atoms with E-state index in [0.717, 1.165) is 179 Å². The Hall–Kier alpha value is -6.02. The SMILES string of the molecule is CC(C)CCCCCCc1cn(CCC(C)C)nn1.CC(C)CCCCCCn1nncc1CCC(C)C.CC(C)CCCCCc1cnnn1CC(C)C.CC(C)CCCCCc1cnnn1CCC(C)C.CC(C)CCCCCc1cnnn1CCCC(C)C.CC(C)CCCCCc1cnnn1CCCC(C)C.CC(C)CCCCc1cn(CCC(C)C)nn1. The van der Waals surface area contributed by atoms with Crippen molar-refractivity contribution in [1.29, 1.82) is 0 Å². The second-order valence-electron chi connectivity index (χ2n) is 43.6. The maximum Gasteiger partial charge on any atom is 0.0827 e. The van der Waals surface area contributed by atoms with Gasteiger partial charge in [-0.1, -0.05) is 372 Å². The number of hydrogen-bond donors (Lipinski definition) is 0. The minimum absolute atomic E-state index is 0.636. The van der Waals surface area contributed by atoms with Crippen LogP contribution in [0.1, 0.15) is 471 Å². The zero-order chi connectivity index (χ0) is 95.1. The van der Waals surface area contributed by atoms with Crippen molar-refractivity contribution in [2.75, 3.05) is 0 Å². The van der Waals surface area contributed by atoms with Gasteiger partial charge in [0.2, 0.25) is 0 Å². The molecule has 0 saturated carbocycles. The maximum atomic E-state index is 4.25. The molecule has 7 aromatic heterocycles. The topological polar surface area (TPSA) is 215 Å². The summed E-state index contributed by atoms with van der Waals surface area (Å²) in [6, 6.07) is 0. The third-order valence-corrected chi connectivity index (χ3v) is 23.5. The van der Waals surface area contributed by atoms with Gasteiger partial charge in [-0.05, 0) is 224 Å². The lowest BCUT2D eigenvalue weighted by Crippen LogP contribution is -2.09. The van der Waals surface area contributed by atoms with E-state index in [1.807, 2.05) is 40.3 Å². The Labute approximate surface area is 788 Å². The van der Waals surface area contributed by atoms with Crippen LogP contribution >= 0.6 is 0 Å². The molecule has 0 aliphatic carbocycles. The first-order chi connectivity index (χ1) is 61.1. The summed E-state index contributed by atoms with van der Waals surface area (Å²) in [7, 11) is 0. The summed E-state index contributed by atoms with van der Waals surface area (Å²) in [5, 5.41) is 58.0. The van der Waals surface area contributed by atoms with Crippen LogP contribution in [-0.4, -0.2) is 105 Å². The Balaban J connectivity index is 0.000000747. The van der Waals surface area contributed by atoms with Crippen molar-refractivity contribution in [3.05, 3.63) is 83.2 Å². The first kappa shape index (κ1) is 120. The molecule has 0 radical (unpaired) electrons. The molecule has 0 spiro atoms. The molecule has 7 aromatic rings. The molecule has 0 atom stereocenters. The quantitative estimate of drug-likeness (QED) is 0.0324. The first-order valence-corrected chi connectivity index (χ1v) is 53.3. The molecule has 0 saturated heterocycles. The van der Waals surface area contributed by atoms with Crippen molar-refractivity contribution >= 4 is 0 Å². The Bertz CT molecular complexity index is 3440. The Morgan fingerprint density at radius 2 is 0.398 bits per heavy atom. The minimum atomic E-state index is 0.636.